The maximum atomic E-state index is 12.1. The molecule has 0 saturated carbocycles. The van der Waals surface area contributed by atoms with Gasteiger partial charge in [-0.15, -0.1) is 0 Å². The minimum atomic E-state index is -0.379. The van der Waals surface area contributed by atoms with Gasteiger partial charge in [0.1, 0.15) is 17.1 Å². The molecule has 0 spiro atoms. The molecule has 4 nitrogen and oxygen atoms in total. The normalized spacial score (nSPS) is 11.3. The number of ether oxygens (including phenoxy) is 2. The number of fused-ring (bicyclic) bond motifs is 3. The van der Waals surface area contributed by atoms with Crippen molar-refractivity contribution in [2.75, 3.05) is 14.2 Å². The standard InChI is InChI=1S/C23H18O4/c1-25-18-10-12-21(26-2)17(13-18)8-7-16-14-22(24)27-23-19-6-4-3-5-15(19)9-11-20(16)23/h3-14H,1-2H3/b8-7+. The van der Waals surface area contributed by atoms with Gasteiger partial charge in [-0.25, -0.2) is 4.79 Å². The fourth-order valence-corrected chi connectivity index (χ4v) is 3.20. The molecule has 134 valence electrons. The second-order valence-corrected chi connectivity index (χ2v) is 6.13. The zero-order valence-electron chi connectivity index (χ0n) is 15.1. The Bertz CT molecular complexity index is 1220. The summed E-state index contributed by atoms with van der Waals surface area (Å²) in [6.45, 7) is 0. The second kappa shape index (κ2) is 7.00. The van der Waals surface area contributed by atoms with Crippen molar-refractivity contribution in [2.24, 2.45) is 0 Å². The molecule has 1 heterocycles. The van der Waals surface area contributed by atoms with Crippen molar-refractivity contribution in [2.45, 2.75) is 0 Å². The first-order valence-corrected chi connectivity index (χ1v) is 8.55. The molecule has 0 unspecified atom stereocenters. The van der Waals surface area contributed by atoms with Gasteiger partial charge in [0.25, 0.3) is 0 Å². The van der Waals surface area contributed by atoms with E-state index in [4.69, 9.17) is 13.9 Å². The van der Waals surface area contributed by atoms with Crippen molar-refractivity contribution in [3.8, 4) is 11.5 Å². The van der Waals surface area contributed by atoms with Gasteiger partial charge in [0.05, 0.1) is 14.2 Å². The first kappa shape index (κ1) is 16.9. The minimum absolute atomic E-state index is 0.379. The lowest BCUT2D eigenvalue weighted by Crippen LogP contribution is -1.98. The van der Waals surface area contributed by atoms with Gasteiger partial charge in [0.2, 0.25) is 0 Å². The first-order chi connectivity index (χ1) is 13.2. The molecular weight excluding hydrogens is 340 g/mol. The number of rotatable bonds is 4. The van der Waals surface area contributed by atoms with Crippen molar-refractivity contribution in [3.05, 3.63) is 82.2 Å². The molecule has 3 aromatic carbocycles. The summed E-state index contributed by atoms with van der Waals surface area (Å²) in [6.07, 6.45) is 3.80. The molecule has 0 radical (unpaired) electrons. The Morgan fingerprint density at radius 2 is 1.63 bits per heavy atom. The van der Waals surface area contributed by atoms with Crippen LogP contribution in [-0.4, -0.2) is 14.2 Å². The Morgan fingerprint density at radius 3 is 2.44 bits per heavy atom. The zero-order chi connectivity index (χ0) is 18.8. The summed E-state index contributed by atoms with van der Waals surface area (Å²) < 4.78 is 16.2. The molecular formula is C23H18O4. The number of benzene rings is 3. The highest BCUT2D eigenvalue weighted by Gasteiger charge is 2.08. The van der Waals surface area contributed by atoms with E-state index in [1.165, 1.54) is 6.07 Å². The second-order valence-electron chi connectivity index (χ2n) is 6.13. The quantitative estimate of drug-likeness (QED) is 0.375. The van der Waals surface area contributed by atoms with E-state index in [9.17, 15) is 4.79 Å². The zero-order valence-corrected chi connectivity index (χ0v) is 15.1. The fraction of sp³-hybridized carbons (Fsp3) is 0.0870. The van der Waals surface area contributed by atoms with E-state index in [0.29, 0.717) is 5.58 Å². The molecule has 0 saturated heterocycles. The summed E-state index contributed by atoms with van der Waals surface area (Å²) in [7, 11) is 3.24. The van der Waals surface area contributed by atoms with Crippen LogP contribution in [0.25, 0.3) is 33.9 Å². The summed E-state index contributed by atoms with van der Waals surface area (Å²) in [4.78, 5) is 12.1. The number of hydrogen-bond donors (Lipinski definition) is 0. The predicted molar refractivity (Wildman–Crippen MR) is 108 cm³/mol. The Labute approximate surface area is 156 Å². The van der Waals surface area contributed by atoms with Crippen LogP contribution in [0.5, 0.6) is 11.5 Å². The Kier molecular flexibility index (Phi) is 4.38. The third-order valence-corrected chi connectivity index (χ3v) is 4.55. The van der Waals surface area contributed by atoms with Crippen LogP contribution in [0.1, 0.15) is 11.1 Å². The van der Waals surface area contributed by atoms with Crippen molar-refractivity contribution >= 4 is 33.9 Å². The third-order valence-electron chi connectivity index (χ3n) is 4.55. The number of methoxy groups -OCH3 is 2. The average molecular weight is 358 g/mol. The van der Waals surface area contributed by atoms with Crippen molar-refractivity contribution in [1.29, 1.82) is 0 Å². The van der Waals surface area contributed by atoms with Gasteiger partial charge >= 0.3 is 5.63 Å². The average Bonchev–Trinajstić information content (AvgIpc) is 2.71. The third kappa shape index (κ3) is 3.17. The molecule has 0 aliphatic carbocycles. The Morgan fingerprint density at radius 1 is 0.815 bits per heavy atom. The van der Waals surface area contributed by atoms with Gasteiger partial charge in [-0.3, -0.25) is 0 Å². The van der Waals surface area contributed by atoms with E-state index in [2.05, 4.69) is 0 Å². The van der Waals surface area contributed by atoms with Crippen LogP contribution in [-0.2, 0) is 0 Å². The Balaban J connectivity index is 1.89. The summed E-state index contributed by atoms with van der Waals surface area (Å²) in [6, 6.07) is 18.9. The van der Waals surface area contributed by atoms with Crippen molar-refractivity contribution in [1.82, 2.24) is 0 Å². The molecule has 0 N–H and O–H groups in total. The summed E-state index contributed by atoms with van der Waals surface area (Å²) in [5.74, 6) is 1.46. The molecule has 0 atom stereocenters. The largest absolute Gasteiger partial charge is 0.497 e. The van der Waals surface area contributed by atoms with Gasteiger partial charge in [0, 0.05) is 22.4 Å². The highest BCUT2D eigenvalue weighted by molar-refractivity contribution is 6.06. The van der Waals surface area contributed by atoms with Crippen LogP contribution in [0.2, 0.25) is 0 Å². The molecule has 0 amide bonds. The maximum Gasteiger partial charge on any atom is 0.336 e. The predicted octanol–water partition coefficient (Wildman–Crippen LogP) is 5.13. The van der Waals surface area contributed by atoms with Gasteiger partial charge in [0.15, 0.2) is 0 Å². The molecule has 1 aromatic heterocycles. The van der Waals surface area contributed by atoms with E-state index in [1.54, 1.807) is 14.2 Å². The van der Waals surface area contributed by atoms with E-state index in [-0.39, 0.29) is 5.63 Å². The van der Waals surface area contributed by atoms with Gasteiger partial charge in [-0.2, -0.15) is 0 Å². The smallest absolute Gasteiger partial charge is 0.336 e. The first-order valence-electron chi connectivity index (χ1n) is 8.55. The van der Waals surface area contributed by atoms with Gasteiger partial charge in [-0.1, -0.05) is 42.5 Å². The van der Waals surface area contributed by atoms with E-state index in [1.807, 2.05) is 66.7 Å². The molecule has 27 heavy (non-hydrogen) atoms. The molecule has 4 heteroatoms. The van der Waals surface area contributed by atoms with Crippen LogP contribution in [0.3, 0.4) is 0 Å². The molecule has 0 bridgehead atoms. The van der Waals surface area contributed by atoms with Gasteiger partial charge < -0.3 is 13.9 Å². The van der Waals surface area contributed by atoms with Crippen molar-refractivity contribution in [3.63, 3.8) is 0 Å². The van der Waals surface area contributed by atoms with Crippen LogP contribution < -0.4 is 15.1 Å². The lowest BCUT2D eigenvalue weighted by atomic mass is 10.0. The van der Waals surface area contributed by atoms with Crippen LogP contribution >= 0.6 is 0 Å². The SMILES string of the molecule is COc1ccc(OC)c(/C=C/c2cc(=O)oc3c2ccc2ccccc23)c1. The van der Waals surface area contributed by atoms with E-state index < -0.39 is 0 Å². The topological polar surface area (TPSA) is 48.7 Å². The summed E-state index contributed by atoms with van der Waals surface area (Å²) in [5, 5.41) is 2.83. The van der Waals surface area contributed by atoms with Crippen LogP contribution in [0.4, 0.5) is 0 Å². The molecule has 0 aliphatic heterocycles. The summed E-state index contributed by atoms with van der Waals surface area (Å²) in [5.41, 5.74) is 1.87. The van der Waals surface area contributed by atoms with E-state index >= 15 is 0 Å². The highest BCUT2D eigenvalue weighted by Crippen LogP contribution is 2.29. The molecule has 0 fully saturated rings. The maximum absolute atomic E-state index is 12.1. The molecule has 0 aliphatic rings. The molecule has 4 aromatic rings. The highest BCUT2D eigenvalue weighted by atomic mass is 16.5. The van der Waals surface area contributed by atoms with Crippen LogP contribution in [0.15, 0.2) is 69.9 Å². The summed E-state index contributed by atoms with van der Waals surface area (Å²) >= 11 is 0. The van der Waals surface area contributed by atoms with Crippen LogP contribution in [0, 0.1) is 0 Å². The lowest BCUT2D eigenvalue weighted by Gasteiger charge is -2.08. The lowest BCUT2D eigenvalue weighted by molar-refractivity contribution is 0.402. The fourth-order valence-electron chi connectivity index (χ4n) is 3.20. The van der Waals surface area contributed by atoms with Gasteiger partial charge in [-0.05, 0) is 35.2 Å². The minimum Gasteiger partial charge on any atom is -0.497 e. The monoisotopic (exact) mass is 358 g/mol. The Hall–Kier alpha value is -3.53. The van der Waals surface area contributed by atoms with Crippen molar-refractivity contribution < 1.29 is 13.9 Å². The molecule has 4 rings (SSSR count). The number of hydrogen-bond acceptors (Lipinski definition) is 4. The van der Waals surface area contributed by atoms with E-state index in [0.717, 1.165) is 38.8 Å².